The standard InChI is InChI=1S/C10H18N4OS/c11-9-8-10(16-12-9)14-3-1-2-13(4-5-14)6-7-15/h8,15H,1-7H2,(H2,11,12). The molecule has 5 nitrogen and oxygen atoms in total. The van der Waals surface area contributed by atoms with Crippen LogP contribution in [0.4, 0.5) is 10.8 Å². The Hall–Kier alpha value is -0.850. The smallest absolute Gasteiger partial charge is 0.139 e. The summed E-state index contributed by atoms with van der Waals surface area (Å²) in [5.41, 5.74) is 5.63. The molecule has 1 aromatic heterocycles. The third-order valence-corrected chi connectivity index (χ3v) is 3.70. The number of aromatic nitrogens is 1. The molecule has 6 heteroatoms. The third kappa shape index (κ3) is 2.84. The van der Waals surface area contributed by atoms with Crippen molar-refractivity contribution < 1.29 is 5.11 Å². The maximum absolute atomic E-state index is 8.92. The van der Waals surface area contributed by atoms with Crippen LogP contribution >= 0.6 is 11.5 Å². The molecule has 0 radical (unpaired) electrons. The fourth-order valence-corrected chi connectivity index (χ4v) is 2.71. The maximum atomic E-state index is 8.92. The Morgan fingerprint density at radius 1 is 1.38 bits per heavy atom. The summed E-state index contributed by atoms with van der Waals surface area (Å²) in [5.74, 6) is 0.608. The normalized spacial score (nSPS) is 18.7. The predicted molar refractivity (Wildman–Crippen MR) is 66.9 cm³/mol. The highest BCUT2D eigenvalue weighted by Crippen LogP contribution is 2.23. The number of nitrogens with two attached hydrogens (primary N) is 1. The fraction of sp³-hybridized carbons (Fsp3) is 0.700. The Balaban J connectivity index is 1.93. The van der Waals surface area contributed by atoms with Crippen molar-refractivity contribution in [3.8, 4) is 0 Å². The largest absolute Gasteiger partial charge is 0.395 e. The van der Waals surface area contributed by atoms with Crippen LogP contribution in [0.3, 0.4) is 0 Å². The molecule has 1 aromatic rings. The van der Waals surface area contributed by atoms with Crippen LogP contribution in [0, 0.1) is 0 Å². The lowest BCUT2D eigenvalue weighted by Gasteiger charge is -2.21. The van der Waals surface area contributed by atoms with Crippen molar-refractivity contribution in [2.45, 2.75) is 6.42 Å². The minimum Gasteiger partial charge on any atom is -0.395 e. The van der Waals surface area contributed by atoms with Crippen molar-refractivity contribution >= 4 is 22.4 Å². The molecule has 0 aliphatic carbocycles. The van der Waals surface area contributed by atoms with Gasteiger partial charge in [0.25, 0.3) is 0 Å². The van der Waals surface area contributed by atoms with Crippen LogP contribution < -0.4 is 10.6 Å². The Kier molecular flexibility index (Phi) is 3.98. The minimum atomic E-state index is 0.244. The molecule has 0 saturated carbocycles. The molecule has 90 valence electrons. The summed E-state index contributed by atoms with van der Waals surface area (Å²) >= 11 is 1.46. The van der Waals surface area contributed by atoms with E-state index < -0.39 is 0 Å². The van der Waals surface area contributed by atoms with Gasteiger partial charge in [0, 0.05) is 32.2 Å². The highest BCUT2D eigenvalue weighted by atomic mass is 32.1. The van der Waals surface area contributed by atoms with E-state index >= 15 is 0 Å². The van der Waals surface area contributed by atoms with Gasteiger partial charge in [0.05, 0.1) is 6.61 Å². The summed E-state index contributed by atoms with van der Waals surface area (Å²) < 4.78 is 4.10. The van der Waals surface area contributed by atoms with E-state index in [0.717, 1.165) is 44.1 Å². The number of nitrogen functional groups attached to an aromatic ring is 1. The molecule has 1 aliphatic heterocycles. The maximum Gasteiger partial charge on any atom is 0.139 e. The average molecular weight is 242 g/mol. The van der Waals surface area contributed by atoms with E-state index in [0.29, 0.717) is 5.82 Å². The van der Waals surface area contributed by atoms with Crippen molar-refractivity contribution in [1.29, 1.82) is 0 Å². The first-order valence-electron chi connectivity index (χ1n) is 5.60. The first-order chi connectivity index (χ1) is 7.79. The van der Waals surface area contributed by atoms with Crippen LogP contribution in [-0.4, -0.2) is 53.7 Å². The lowest BCUT2D eigenvalue weighted by Crippen LogP contribution is -2.32. The first kappa shape index (κ1) is 11.6. The van der Waals surface area contributed by atoms with Gasteiger partial charge in [0.1, 0.15) is 10.8 Å². The molecule has 0 aromatic carbocycles. The van der Waals surface area contributed by atoms with Gasteiger partial charge in [-0.2, -0.15) is 4.37 Å². The zero-order valence-electron chi connectivity index (χ0n) is 9.30. The first-order valence-corrected chi connectivity index (χ1v) is 6.37. The quantitative estimate of drug-likeness (QED) is 0.794. The van der Waals surface area contributed by atoms with Gasteiger partial charge in [-0.05, 0) is 24.5 Å². The number of anilines is 2. The monoisotopic (exact) mass is 242 g/mol. The molecule has 1 saturated heterocycles. The van der Waals surface area contributed by atoms with E-state index in [-0.39, 0.29) is 6.61 Å². The number of β-amino-alcohol motifs (C(OH)–C–C–N with tert-alkyl or cyclic N) is 1. The molecule has 0 unspecified atom stereocenters. The van der Waals surface area contributed by atoms with E-state index in [2.05, 4.69) is 14.2 Å². The van der Waals surface area contributed by atoms with E-state index in [4.69, 9.17) is 10.8 Å². The number of hydrogen-bond acceptors (Lipinski definition) is 6. The zero-order valence-corrected chi connectivity index (χ0v) is 10.1. The molecule has 0 bridgehead atoms. The van der Waals surface area contributed by atoms with Crippen molar-refractivity contribution in [2.24, 2.45) is 0 Å². The second kappa shape index (κ2) is 5.47. The Bertz CT molecular complexity index is 330. The van der Waals surface area contributed by atoms with Gasteiger partial charge in [0.15, 0.2) is 0 Å². The number of aliphatic hydroxyl groups excluding tert-OH is 1. The Labute approximate surface area is 99.6 Å². The van der Waals surface area contributed by atoms with E-state index in [1.54, 1.807) is 0 Å². The molecule has 0 amide bonds. The van der Waals surface area contributed by atoms with Crippen LogP contribution in [0.5, 0.6) is 0 Å². The summed E-state index contributed by atoms with van der Waals surface area (Å²) in [6.45, 7) is 5.11. The van der Waals surface area contributed by atoms with Gasteiger partial charge in [0.2, 0.25) is 0 Å². The second-order valence-electron chi connectivity index (χ2n) is 4.00. The van der Waals surface area contributed by atoms with Gasteiger partial charge < -0.3 is 15.7 Å². The topological polar surface area (TPSA) is 65.6 Å². The molecular formula is C10H18N4OS. The summed E-state index contributed by atoms with van der Waals surface area (Å²) in [5, 5.41) is 10.1. The second-order valence-corrected chi connectivity index (χ2v) is 4.78. The van der Waals surface area contributed by atoms with Crippen LogP contribution in [0.15, 0.2) is 6.07 Å². The summed E-state index contributed by atoms with van der Waals surface area (Å²) in [6.07, 6.45) is 1.12. The molecule has 3 N–H and O–H groups in total. The van der Waals surface area contributed by atoms with Crippen molar-refractivity contribution in [1.82, 2.24) is 9.27 Å². The fourth-order valence-electron chi connectivity index (χ4n) is 1.98. The number of aliphatic hydroxyl groups is 1. The van der Waals surface area contributed by atoms with Crippen molar-refractivity contribution in [3.05, 3.63) is 6.07 Å². The van der Waals surface area contributed by atoms with E-state index in [1.165, 1.54) is 11.5 Å². The Morgan fingerprint density at radius 3 is 2.94 bits per heavy atom. The molecule has 0 spiro atoms. The van der Waals surface area contributed by atoms with Crippen LogP contribution in [0.1, 0.15) is 6.42 Å². The van der Waals surface area contributed by atoms with Gasteiger partial charge >= 0.3 is 0 Å². The summed E-state index contributed by atoms with van der Waals surface area (Å²) in [4.78, 5) is 4.62. The molecule has 0 atom stereocenters. The van der Waals surface area contributed by atoms with E-state index in [1.807, 2.05) is 6.07 Å². The van der Waals surface area contributed by atoms with Gasteiger partial charge in [-0.15, -0.1) is 0 Å². The number of rotatable bonds is 3. The number of hydrogen-bond donors (Lipinski definition) is 2. The predicted octanol–water partition coefficient (Wildman–Crippen LogP) is 0.230. The lowest BCUT2D eigenvalue weighted by molar-refractivity contribution is 0.204. The zero-order chi connectivity index (χ0) is 11.4. The van der Waals surface area contributed by atoms with Crippen molar-refractivity contribution in [3.63, 3.8) is 0 Å². The minimum absolute atomic E-state index is 0.244. The van der Waals surface area contributed by atoms with Gasteiger partial charge in [-0.25, -0.2) is 0 Å². The van der Waals surface area contributed by atoms with Gasteiger partial charge in [-0.3, -0.25) is 4.90 Å². The number of nitrogens with zero attached hydrogens (tertiary/aromatic N) is 3. The molecular weight excluding hydrogens is 224 g/mol. The van der Waals surface area contributed by atoms with Crippen LogP contribution in [0.25, 0.3) is 0 Å². The Morgan fingerprint density at radius 2 is 2.25 bits per heavy atom. The summed E-state index contributed by atoms with van der Waals surface area (Å²) in [6, 6.07) is 1.94. The van der Waals surface area contributed by atoms with Crippen LogP contribution in [0.2, 0.25) is 0 Å². The van der Waals surface area contributed by atoms with Crippen molar-refractivity contribution in [2.75, 3.05) is 50.0 Å². The highest BCUT2D eigenvalue weighted by Gasteiger charge is 2.16. The van der Waals surface area contributed by atoms with Crippen LogP contribution in [-0.2, 0) is 0 Å². The third-order valence-electron chi connectivity index (χ3n) is 2.83. The molecule has 16 heavy (non-hydrogen) atoms. The molecule has 2 rings (SSSR count). The molecule has 1 fully saturated rings. The summed E-state index contributed by atoms with van der Waals surface area (Å²) in [7, 11) is 0. The molecule has 1 aliphatic rings. The highest BCUT2D eigenvalue weighted by molar-refractivity contribution is 7.10. The lowest BCUT2D eigenvalue weighted by atomic mass is 10.4. The molecule has 2 heterocycles. The van der Waals surface area contributed by atoms with E-state index in [9.17, 15) is 0 Å². The SMILES string of the molecule is Nc1cc(N2CCCN(CCO)CC2)sn1. The van der Waals surface area contributed by atoms with Gasteiger partial charge in [-0.1, -0.05) is 0 Å². The average Bonchev–Trinajstić information content (AvgIpc) is 2.57.